The van der Waals surface area contributed by atoms with E-state index < -0.39 is 0 Å². The molecular formula is C14H14N2O2S. The van der Waals surface area contributed by atoms with E-state index in [1.54, 1.807) is 23.9 Å². The van der Waals surface area contributed by atoms with Crippen molar-refractivity contribution in [1.82, 2.24) is 0 Å². The number of hydrogen-bond donors (Lipinski definition) is 1. The van der Waals surface area contributed by atoms with Gasteiger partial charge in [0.15, 0.2) is 0 Å². The SMILES string of the molecule is CNc1ccc([N+](=O)[O-])cc1CSc1ccccc1. The van der Waals surface area contributed by atoms with Gasteiger partial charge in [0.2, 0.25) is 0 Å². The smallest absolute Gasteiger partial charge is 0.269 e. The third-order valence-corrected chi connectivity index (χ3v) is 3.77. The number of nitro groups is 1. The zero-order valence-electron chi connectivity index (χ0n) is 10.5. The van der Waals surface area contributed by atoms with E-state index in [0.29, 0.717) is 5.75 Å². The number of nitrogens with zero attached hydrogens (tertiary/aromatic N) is 1. The molecule has 0 amide bonds. The monoisotopic (exact) mass is 274 g/mol. The Morgan fingerprint density at radius 3 is 2.58 bits per heavy atom. The summed E-state index contributed by atoms with van der Waals surface area (Å²) in [5.74, 6) is 0.696. The van der Waals surface area contributed by atoms with Gasteiger partial charge in [-0.25, -0.2) is 0 Å². The average Bonchev–Trinajstić information content (AvgIpc) is 2.45. The molecule has 0 unspecified atom stereocenters. The standard InChI is InChI=1S/C14H14N2O2S/c1-15-14-8-7-12(16(17)18)9-11(14)10-19-13-5-3-2-4-6-13/h2-9,15H,10H2,1H3. The lowest BCUT2D eigenvalue weighted by Gasteiger charge is -2.08. The van der Waals surface area contributed by atoms with Gasteiger partial charge in [0, 0.05) is 35.5 Å². The van der Waals surface area contributed by atoms with E-state index in [9.17, 15) is 10.1 Å². The van der Waals surface area contributed by atoms with E-state index in [4.69, 9.17) is 0 Å². The number of thioether (sulfide) groups is 1. The van der Waals surface area contributed by atoms with Gasteiger partial charge in [-0.1, -0.05) is 18.2 Å². The number of rotatable bonds is 5. The fraction of sp³-hybridized carbons (Fsp3) is 0.143. The highest BCUT2D eigenvalue weighted by Crippen LogP contribution is 2.29. The first-order chi connectivity index (χ1) is 9.20. The van der Waals surface area contributed by atoms with Crippen LogP contribution in [0.1, 0.15) is 5.56 Å². The fourth-order valence-electron chi connectivity index (χ4n) is 1.73. The first-order valence-corrected chi connectivity index (χ1v) is 6.82. The maximum absolute atomic E-state index is 10.8. The predicted molar refractivity (Wildman–Crippen MR) is 78.6 cm³/mol. The Hall–Kier alpha value is -2.01. The van der Waals surface area contributed by atoms with Crippen molar-refractivity contribution in [3.63, 3.8) is 0 Å². The Labute approximate surface area is 116 Å². The molecule has 4 nitrogen and oxygen atoms in total. The Morgan fingerprint density at radius 1 is 1.21 bits per heavy atom. The minimum Gasteiger partial charge on any atom is -0.388 e. The van der Waals surface area contributed by atoms with Crippen molar-refractivity contribution >= 4 is 23.1 Å². The molecule has 0 aromatic heterocycles. The lowest BCUT2D eigenvalue weighted by Crippen LogP contribution is -1.96. The molecule has 0 saturated heterocycles. The predicted octanol–water partition coefficient (Wildman–Crippen LogP) is 3.93. The number of nitrogens with one attached hydrogen (secondary N) is 1. The van der Waals surface area contributed by atoms with Gasteiger partial charge in [-0.05, 0) is 23.8 Å². The Balaban J connectivity index is 2.18. The molecule has 19 heavy (non-hydrogen) atoms. The van der Waals surface area contributed by atoms with Gasteiger partial charge in [0.25, 0.3) is 5.69 Å². The molecule has 5 heteroatoms. The quantitative estimate of drug-likeness (QED) is 0.510. The summed E-state index contributed by atoms with van der Waals surface area (Å²) in [5.41, 5.74) is 1.99. The number of nitro benzene ring substituents is 1. The fourth-order valence-corrected chi connectivity index (χ4v) is 2.65. The van der Waals surface area contributed by atoms with Gasteiger partial charge in [-0.3, -0.25) is 10.1 Å². The van der Waals surface area contributed by atoms with Gasteiger partial charge in [0.1, 0.15) is 0 Å². The minimum atomic E-state index is -0.365. The lowest BCUT2D eigenvalue weighted by atomic mass is 10.2. The topological polar surface area (TPSA) is 55.2 Å². The number of anilines is 1. The first-order valence-electron chi connectivity index (χ1n) is 5.83. The van der Waals surface area contributed by atoms with E-state index in [0.717, 1.165) is 16.1 Å². The van der Waals surface area contributed by atoms with Crippen molar-refractivity contribution in [2.75, 3.05) is 12.4 Å². The molecule has 98 valence electrons. The Morgan fingerprint density at radius 2 is 1.95 bits per heavy atom. The molecule has 1 N–H and O–H groups in total. The first kappa shape index (κ1) is 13.4. The van der Waals surface area contributed by atoms with Crippen LogP contribution in [0.2, 0.25) is 0 Å². The van der Waals surface area contributed by atoms with Crippen LogP contribution in [0.15, 0.2) is 53.4 Å². The van der Waals surface area contributed by atoms with Gasteiger partial charge in [-0.2, -0.15) is 0 Å². The van der Waals surface area contributed by atoms with E-state index in [1.165, 1.54) is 6.07 Å². The van der Waals surface area contributed by atoms with Crippen molar-refractivity contribution in [1.29, 1.82) is 0 Å². The van der Waals surface area contributed by atoms with Gasteiger partial charge in [0.05, 0.1) is 4.92 Å². The van der Waals surface area contributed by atoms with Crippen LogP contribution in [0, 0.1) is 10.1 Å². The highest BCUT2D eigenvalue weighted by atomic mass is 32.2. The maximum atomic E-state index is 10.8. The average molecular weight is 274 g/mol. The van der Waals surface area contributed by atoms with E-state index >= 15 is 0 Å². The summed E-state index contributed by atoms with van der Waals surface area (Å²) < 4.78 is 0. The molecule has 0 spiro atoms. The molecule has 0 aliphatic carbocycles. The molecule has 0 heterocycles. The zero-order chi connectivity index (χ0) is 13.7. The maximum Gasteiger partial charge on any atom is 0.269 e. The number of benzene rings is 2. The molecule has 0 aliphatic rings. The Kier molecular flexibility index (Phi) is 4.41. The second kappa shape index (κ2) is 6.24. The van der Waals surface area contributed by atoms with Crippen molar-refractivity contribution in [2.24, 2.45) is 0 Å². The van der Waals surface area contributed by atoms with Gasteiger partial charge >= 0.3 is 0 Å². The second-order valence-corrected chi connectivity index (χ2v) is 5.00. The van der Waals surface area contributed by atoms with Crippen LogP contribution in [0.5, 0.6) is 0 Å². The molecule has 0 radical (unpaired) electrons. The van der Waals surface area contributed by atoms with Crippen LogP contribution >= 0.6 is 11.8 Å². The summed E-state index contributed by atoms with van der Waals surface area (Å²) in [7, 11) is 1.82. The zero-order valence-corrected chi connectivity index (χ0v) is 11.3. The molecule has 0 atom stereocenters. The minimum absolute atomic E-state index is 0.127. The van der Waals surface area contributed by atoms with Crippen molar-refractivity contribution in [2.45, 2.75) is 10.6 Å². The summed E-state index contributed by atoms with van der Waals surface area (Å²) in [6.07, 6.45) is 0. The normalized spacial score (nSPS) is 10.2. The van der Waals surface area contributed by atoms with Crippen molar-refractivity contribution in [3.05, 3.63) is 64.2 Å². The van der Waals surface area contributed by atoms with Crippen LogP contribution in [-0.4, -0.2) is 12.0 Å². The van der Waals surface area contributed by atoms with Crippen LogP contribution in [0.4, 0.5) is 11.4 Å². The molecule has 0 aliphatic heterocycles. The molecule has 0 bridgehead atoms. The van der Waals surface area contributed by atoms with E-state index in [-0.39, 0.29) is 10.6 Å². The highest BCUT2D eigenvalue weighted by molar-refractivity contribution is 7.98. The van der Waals surface area contributed by atoms with Crippen LogP contribution < -0.4 is 5.32 Å². The van der Waals surface area contributed by atoms with E-state index in [1.807, 2.05) is 37.4 Å². The van der Waals surface area contributed by atoms with Gasteiger partial charge < -0.3 is 5.32 Å². The van der Waals surface area contributed by atoms with Crippen LogP contribution in [0.3, 0.4) is 0 Å². The summed E-state index contributed by atoms with van der Waals surface area (Å²) >= 11 is 1.66. The third kappa shape index (κ3) is 3.48. The molecule has 2 rings (SSSR count). The molecular weight excluding hydrogens is 260 g/mol. The van der Waals surface area contributed by atoms with Crippen LogP contribution in [-0.2, 0) is 5.75 Å². The second-order valence-electron chi connectivity index (χ2n) is 3.95. The Bertz CT molecular complexity index is 573. The molecule has 0 saturated carbocycles. The summed E-state index contributed by atoms with van der Waals surface area (Å²) in [5, 5.41) is 13.9. The van der Waals surface area contributed by atoms with Crippen molar-refractivity contribution < 1.29 is 4.92 Å². The summed E-state index contributed by atoms with van der Waals surface area (Å²) in [6, 6.07) is 14.9. The van der Waals surface area contributed by atoms with Gasteiger partial charge in [-0.15, -0.1) is 11.8 Å². The number of non-ortho nitro benzene ring substituents is 1. The number of hydrogen-bond acceptors (Lipinski definition) is 4. The largest absolute Gasteiger partial charge is 0.388 e. The summed E-state index contributed by atoms with van der Waals surface area (Å²) in [6.45, 7) is 0. The van der Waals surface area contributed by atoms with E-state index in [2.05, 4.69) is 5.32 Å². The molecule has 2 aromatic carbocycles. The lowest BCUT2D eigenvalue weighted by molar-refractivity contribution is -0.384. The highest BCUT2D eigenvalue weighted by Gasteiger charge is 2.10. The molecule has 0 fully saturated rings. The summed E-state index contributed by atoms with van der Waals surface area (Å²) in [4.78, 5) is 11.6. The third-order valence-electron chi connectivity index (χ3n) is 2.71. The van der Waals surface area contributed by atoms with Crippen LogP contribution in [0.25, 0.3) is 0 Å². The molecule has 2 aromatic rings. The van der Waals surface area contributed by atoms with Crippen molar-refractivity contribution in [3.8, 4) is 0 Å².